The quantitative estimate of drug-likeness (QED) is 0.863. The van der Waals surface area contributed by atoms with E-state index in [0.717, 1.165) is 18.9 Å². The average Bonchev–Trinajstić information content (AvgIpc) is 2.45. The van der Waals surface area contributed by atoms with Crippen molar-refractivity contribution in [3.8, 4) is 0 Å². The fourth-order valence-corrected chi connectivity index (χ4v) is 2.32. The van der Waals surface area contributed by atoms with E-state index in [-0.39, 0.29) is 18.1 Å². The van der Waals surface area contributed by atoms with Crippen molar-refractivity contribution in [2.24, 2.45) is 5.73 Å². The van der Waals surface area contributed by atoms with E-state index in [1.807, 2.05) is 19.1 Å². The number of morpholine rings is 1. The van der Waals surface area contributed by atoms with Crippen LogP contribution in [0.1, 0.15) is 17.3 Å². The van der Waals surface area contributed by atoms with E-state index >= 15 is 0 Å². The molecule has 1 aliphatic heterocycles. The van der Waals surface area contributed by atoms with Gasteiger partial charge in [-0.05, 0) is 19.1 Å². The summed E-state index contributed by atoms with van der Waals surface area (Å²) in [5.74, 6) is 0.813. The zero-order chi connectivity index (χ0) is 14.7. The molecule has 2 unspecified atom stereocenters. The number of nitrogens with zero attached hydrogens (tertiary/aromatic N) is 3. The number of aromatic nitrogens is 1. The zero-order valence-electron chi connectivity index (χ0n) is 12.2. The van der Waals surface area contributed by atoms with E-state index in [9.17, 15) is 4.79 Å². The molecule has 2 atom stereocenters. The molecule has 6 heteroatoms. The molecule has 20 heavy (non-hydrogen) atoms. The maximum absolute atomic E-state index is 11.8. The number of nitrogens with two attached hydrogens (primary N) is 1. The van der Waals surface area contributed by atoms with Gasteiger partial charge in [-0.15, -0.1) is 0 Å². The first-order valence-electron chi connectivity index (χ1n) is 6.79. The van der Waals surface area contributed by atoms with Gasteiger partial charge in [-0.25, -0.2) is 4.98 Å². The minimum atomic E-state index is -0.0424. The lowest BCUT2D eigenvalue weighted by molar-refractivity contribution is -0.0107. The van der Waals surface area contributed by atoms with Crippen LogP contribution < -0.4 is 10.6 Å². The van der Waals surface area contributed by atoms with E-state index in [2.05, 4.69) is 9.88 Å². The van der Waals surface area contributed by atoms with Crippen molar-refractivity contribution < 1.29 is 9.53 Å². The van der Waals surface area contributed by atoms with E-state index in [1.165, 1.54) is 4.90 Å². The van der Waals surface area contributed by atoms with Crippen LogP contribution in [0.3, 0.4) is 0 Å². The Balaban J connectivity index is 2.11. The molecule has 0 aromatic carbocycles. The van der Waals surface area contributed by atoms with E-state index < -0.39 is 0 Å². The molecule has 1 aromatic rings. The lowest BCUT2D eigenvalue weighted by atomic mass is 10.2. The minimum Gasteiger partial charge on any atom is -0.370 e. The molecule has 1 saturated heterocycles. The number of hydrogen-bond donors (Lipinski definition) is 1. The normalized spacial score (nSPS) is 22.7. The average molecular weight is 278 g/mol. The molecule has 2 rings (SSSR count). The van der Waals surface area contributed by atoms with Gasteiger partial charge in [-0.2, -0.15) is 0 Å². The van der Waals surface area contributed by atoms with Crippen LogP contribution >= 0.6 is 0 Å². The molecular weight excluding hydrogens is 256 g/mol. The second-order valence-electron chi connectivity index (χ2n) is 5.31. The predicted octanol–water partition coefficient (Wildman–Crippen LogP) is 0.336. The smallest absolute Gasteiger partial charge is 0.254 e. The number of amides is 1. The van der Waals surface area contributed by atoms with Gasteiger partial charge in [-0.1, -0.05) is 0 Å². The topological polar surface area (TPSA) is 71.7 Å². The fraction of sp³-hybridized carbons (Fsp3) is 0.571. The molecular formula is C14H22N4O2. The molecule has 1 aromatic heterocycles. The number of pyridine rings is 1. The molecule has 0 radical (unpaired) electrons. The van der Waals surface area contributed by atoms with Crippen LogP contribution in [0.15, 0.2) is 18.3 Å². The van der Waals surface area contributed by atoms with E-state index in [1.54, 1.807) is 20.3 Å². The number of anilines is 1. The second-order valence-corrected chi connectivity index (χ2v) is 5.31. The highest BCUT2D eigenvalue weighted by atomic mass is 16.5. The van der Waals surface area contributed by atoms with Crippen molar-refractivity contribution >= 4 is 11.7 Å². The Morgan fingerprint density at radius 2 is 2.25 bits per heavy atom. The van der Waals surface area contributed by atoms with Crippen LogP contribution in [-0.2, 0) is 4.74 Å². The first-order chi connectivity index (χ1) is 9.51. The number of carbonyl (C=O) groups is 1. The van der Waals surface area contributed by atoms with Crippen molar-refractivity contribution in [1.29, 1.82) is 0 Å². The molecule has 2 N–H and O–H groups in total. The summed E-state index contributed by atoms with van der Waals surface area (Å²) in [6.45, 7) is 4.04. The van der Waals surface area contributed by atoms with Gasteiger partial charge in [0, 0.05) is 39.9 Å². The van der Waals surface area contributed by atoms with Crippen molar-refractivity contribution in [3.05, 3.63) is 23.9 Å². The molecule has 1 fully saturated rings. The Hall–Kier alpha value is -1.66. The predicted molar refractivity (Wildman–Crippen MR) is 77.9 cm³/mol. The summed E-state index contributed by atoms with van der Waals surface area (Å²) < 4.78 is 5.73. The lowest BCUT2D eigenvalue weighted by Gasteiger charge is -2.37. The zero-order valence-corrected chi connectivity index (χ0v) is 12.2. The molecule has 6 nitrogen and oxygen atoms in total. The van der Waals surface area contributed by atoms with Crippen LogP contribution in [0.5, 0.6) is 0 Å². The third-order valence-electron chi connectivity index (χ3n) is 3.31. The Bertz CT molecular complexity index is 461. The minimum absolute atomic E-state index is 0.0311. The first-order valence-corrected chi connectivity index (χ1v) is 6.79. The highest BCUT2D eigenvalue weighted by Gasteiger charge is 2.25. The van der Waals surface area contributed by atoms with Crippen LogP contribution in [0.2, 0.25) is 0 Å². The van der Waals surface area contributed by atoms with Gasteiger partial charge in [0.1, 0.15) is 5.82 Å². The third-order valence-corrected chi connectivity index (χ3v) is 3.31. The highest BCUT2D eigenvalue weighted by molar-refractivity contribution is 5.93. The third kappa shape index (κ3) is 3.26. The largest absolute Gasteiger partial charge is 0.370 e. The van der Waals surface area contributed by atoms with Gasteiger partial charge in [0.25, 0.3) is 5.91 Å². The molecule has 0 saturated carbocycles. The van der Waals surface area contributed by atoms with E-state index in [4.69, 9.17) is 10.5 Å². The van der Waals surface area contributed by atoms with Crippen LogP contribution in [0.25, 0.3) is 0 Å². The van der Waals surface area contributed by atoms with Gasteiger partial charge >= 0.3 is 0 Å². The lowest BCUT2D eigenvalue weighted by Crippen LogP contribution is -2.49. The summed E-state index contributed by atoms with van der Waals surface area (Å²) in [5, 5.41) is 0. The van der Waals surface area contributed by atoms with Gasteiger partial charge in [0.2, 0.25) is 0 Å². The molecule has 0 aliphatic carbocycles. The summed E-state index contributed by atoms with van der Waals surface area (Å²) in [4.78, 5) is 19.9. The van der Waals surface area contributed by atoms with Crippen LogP contribution in [0, 0.1) is 0 Å². The molecule has 0 spiro atoms. The maximum Gasteiger partial charge on any atom is 0.254 e. The van der Waals surface area contributed by atoms with Crippen LogP contribution in [0.4, 0.5) is 5.82 Å². The summed E-state index contributed by atoms with van der Waals surface area (Å²) in [6.07, 6.45) is 1.78. The Kier molecular flexibility index (Phi) is 4.57. The van der Waals surface area contributed by atoms with Gasteiger partial charge in [-0.3, -0.25) is 4.79 Å². The first kappa shape index (κ1) is 14.7. The fourth-order valence-electron chi connectivity index (χ4n) is 2.32. The summed E-state index contributed by atoms with van der Waals surface area (Å²) in [5.41, 5.74) is 6.27. The SMILES string of the molecule is CC1CN(c2ccc(C(=O)N(C)C)cn2)CC(CN)O1. The van der Waals surface area contributed by atoms with Crippen molar-refractivity contribution in [2.45, 2.75) is 19.1 Å². The Labute approximate surface area is 119 Å². The number of hydrogen-bond acceptors (Lipinski definition) is 5. The van der Waals surface area contributed by atoms with Crippen molar-refractivity contribution in [1.82, 2.24) is 9.88 Å². The molecule has 2 heterocycles. The summed E-state index contributed by atoms with van der Waals surface area (Å²) in [7, 11) is 3.46. The number of carbonyl (C=O) groups excluding carboxylic acids is 1. The number of ether oxygens (including phenoxy) is 1. The standard InChI is InChI=1S/C14H22N4O2/c1-10-8-18(9-12(6-15)20-10)13-5-4-11(7-16-13)14(19)17(2)3/h4-5,7,10,12H,6,8-9,15H2,1-3H3. The van der Waals surface area contributed by atoms with Crippen molar-refractivity contribution in [2.75, 3.05) is 38.6 Å². The van der Waals surface area contributed by atoms with Gasteiger partial charge in [0.15, 0.2) is 0 Å². The summed E-state index contributed by atoms with van der Waals surface area (Å²) >= 11 is 0. The maximum atomic E-state index is 11.8. The Morgan fingerprint density at radius 1 is 1.50 bits per heavy atom. The molecule has 110 valence electrons. The van der Waals surface area contributed by atoms with Gasteiger partial charge < -0.3 is 20.3 Å². The molecule has 1 aliphatic rings. The Morgan fingerprint density at radius 3 is 2.80 bits per heavy atom. The second kappa shape index (κ2) is 6.19. The monoisotopic (exact) mass is 278 g/mol. The highest BCUT2D eigenvalue weighted by Crippen LogP contribution is 2.18. The molecule has 1 amide bonds. The van der Waals surface area contributed by atoms with Crippen molar-refractivity contribution in [3.63, 3.8) is 0 Å². The summed E-state index contributed by atoms with van der Waals surface area (Å²) in [6, 6.07) is 3.69. The van der Waals surface area contributed by atoms with Gasteiger partial charge in [0.05, 0.1) is 17.8 Å². The van der Waals surface area contributed by atoms with Crippen LogP contribution in [-0.4, -0.2) is 61.7 Å². The molecule has 0 bridgehead atoms. The number of rotatable bonds is 3. The van der Waals surface area contributed by atoms with E-state index in [0.29, 0.717) is 12.1 Å².